The molecule has 7 heteroatoms. The van der Waals surface area contributed by atoms with Crippen LogP contribution in [-0.2, 0) is 6.42 Å². The molecule has 0 amide bonds. The van der Waals surface area contributed by atoms with Gasteiger partial charge in [-0.05, 0) is 18.2 Å². The average molecular weight is 312 g/mol. The number of fused-ring (bicyclic) bond motifs is 1. The van der Waals surface area contributed by atoms with Gasteiger partial charge in [0.25, 0.3) is 0 Å². The summed E-state index contributed by atoms with van der Waals surface area (Å²) >= 11 is 5.52. The maximum absolute atomic E-state index is 13.1. The first kappa shape index (κ1) is 15.4. The second kappa shape index (κ2) is 6.18. The van der Waals surface area contributed by atoms with Gasteiger partial charge in [0.1, 0.15) is 17.7 Å². The number of nitrogens with zero attached hydrogens (tertiary/aromatic N) is 1. The van der Waals surface area contributed by atoms with Gasteiger partial charge < -0.3 is 4.74 Å². The summed E-state index contributed by atoms with van der Waals surface area (Å²) in [6.45, 7) is -0.779. The summed E-state index contributed by atoms with van der Waals surface area (Å²) in [4.78, 5) is 1.21. The normalized spacial score (nSPS) is 18.2. The van der Waals surface area contributed by atoms with Crippen LogP contribution in [0.15, 0.2) is 18.2 Å². The van der Waals surface area contributed by atoms with Crippen LogP contribution in [0.3, 0.4) is 0 Å². The van der Waals surface area contributed by atoms with E-state index in [1.165, 1.54) is 23.1 Å². The van der Waals surface area contributed by atoms with Crippen LogP contribution in [0.5, 0.6) is 5.75 Å². The van der Waals surface area contributed by atoms with Crippen molar-refractivity contribution in [2.75, 3.05) is 25.5 Å². The Morgan fingerprint density at radius 3 is 2.75 bits per heavy atom. The summed E-state index contributed by atoms with van der Waals surface area (Å²) in [7, 11) is 0. The van der Waals surface area contributed by atoms with E-state index >= 15 is 0 Å². The van der Waals surface area contributed by atoms with Gasteiger partial charge in [-0.25, -0.2) is 4.39 Å². The van der Waals surface area contributed by atoms with Crippen molar-refractivity contribution in [2.24, 2.45) is 0 Å². The molecule has 0 N–H and O–H groups in total. The van der Waals surface area contributed by atoms with Crippen LogP contribution in [0.25, 0.3) is 0 Å². The highest BCUT2D eigenvalue weighted by Gasteiger charge is 2.33. The SMILES string of the molecule is Fc1ccc2c(c1)CC(CN(CCCl)CC(F)(F)F)O2. The first-order chi connectivity index (χ1) is 9.37. The quantitative estimate of drug-likeness (QED) is 0.611. The van der Waals surface area contributed by atoms with Crippen LogP contribution >= 0.6 is 11.6 Å². The minimum Gasteiger partial charge on any atom is -0.488 e. The molecule has 0 saturated carbocycles. The predicted octanol–water partition coefficient (Wildman–Crippen LogP) is 3.23. The highest BCUT2D eigenvalue weighted by Crippen LogP contribution is 2.30. The molecule has 0 bridgehead atoms. The monoisotopic (exact) mass is 311 g/mol. The van der Waals surface area contributed by atoms with Gasteiger partial charge in [-0.3, -0.25) is 4.90 Å². The Balaban J connectivity index is 1.96. The summed E-state index contributed by atoms with van der Waals surface area (Å²) in [5, 5.41) is 0. The molecule has 1 aliphatic heterocycles. The lowest BCUT2D eigenvalue weighted by atomic mass is 10.1. The van der Waals surface area contributed by atoms with Gasteiger partial charge in [0.05, 0.1) is 6.54 Å². The molecule has 1 aromatic rings. The number of halogens is 5. The molecule has 20 heavy (non-hydrogen) atoms. The van der Waals surface area contributed by atoms with Crippen molar-refractivity contribution in [1.82, 2.24) is 4.90 Å². The topological polar surface area (TPSA) is 12.5 Å². The molecule has 0 saturated heterocycles. The van der Waals surface area contributed by atoms with Crippen molar-refractivity contribution in [3.05, 3.63) is 29.6 Å². The Bertz CT molecular complexity index is 466. The maximum atomic E-state index is 13.1. The molecule has 1 unspecified atom stereocenters. The lowest BCUT2D eigenvalue weighted by Gasteiger charge is -2.25. The molecule has 0 spiro atoms. The molecule has 1 aromatic carbocycles. The molecular formula is C13H14ClF4NO. The fraction of sp³-hybridized carbons (Fsp3) is 0.538. The van der Waals surface area contributed by atoms with Crippen LogP contribution < -0.4 is 4.74 Å². The van der Waals surface area contributed by atoms with E-state index in [1.807, 2.05) is 0 Å². The minimum absolute atomic E-state index is 0.114. The van der Waals surface area contributed by atoms with Gasteiger partial charge in [-0.1, -0.05) is 0 Å². The Labute approximate surface area is 119 Å². The zero-order chi connectivity index (χ0) is 14.8. The lowest BCUT2D eigenvalue weighted by Crippen LogP contribution is -2.41. The number of rotatable bonds is 5. The third-order valence-electron chi connectivity index (χ3n) is 3.03. The highest BCUT2D eigenvalue weighted by atomic mass is 35.5. The summed E-state index contributed by atoms with van der Waals surface area (Å²) in [5.74, 6) is 0.278. The third kappa shape index (κ3) is 4.24. The number of hydrogen-bond donors (Lipinski definition) is 0. The van der Waals surface area contributed by atoms with Crippen LogP contribution in [-0.4, -0.2) is 42.7 Å². The van der Waals surface area contributed by atoms with E-state index in [0.717, 1.165) is 0 Å². The van der Waals surface area contributed by atoms with E-state index in [9.17, 15) is 17.6 Å². The number of alkyl halides is 4. The van der Waals surface area contributed by atoms with Crippen molar-refractivity contribution < 1.29 is 22.3 Å². The Morgan fingerprint density at radius 2 is 2.10 bits per heavy atom. The van der Waals surface area contributed by atoms with E-state index in [-0.39, 0.29) is 24.8 Å². The van der Waals surface area contributed by atoms with Gasteiger partial charge in [0, 0.05) is 31.0 Å². The van der Waals surface area contributed by atoms with E-state index in [1.54, 1.807) is 0 Å². The molecule has 112 valence electrons. The molecule has 0 aromatic heterocycles. The highest BCUT2D eigenvalue weighted by molar-refractivity contribution is 6.18. The van der Waals surface area contributed by atoms with Crippen LogP contribution in [0.4, 0.5) is 17.6 Å². The predicted molar refractivity (Wildman–Crippen MR) is 67.7 cm³/mol. The molecule has 1 aliphatic rings. The van der Waals surface area contributed by atoms with Gasteiger partial charge in [0.2, 0.25) is 0 Å². The zero-order valence-electron chi connectivity index (χ0n) is 10.6. The molecule has 1 heterocycles. The smallest absolute Gasteiger partial charge is 0.401 e. The van der Waals surface area contributed by atoms with Crippen LogP contribution in [0, 0.1) is 5.82 Å². The van der Waals surface area contributed by atoms with Crippen molar-refractivity contribution >= 4 is 11.6 Å². The Hall–Kier alpha value is -1.01. The summed E-state index contributed by atoms with van der Waals surface area (Å²) in [6, 6.07) is 4.12. The van der Waals surface area contributed by atoms with E-state index in [0.29, 0.717) is 17.7 Å². The number of benzene rings is 1. The second-order valence-electron chi connectivity index (χ2n) is 4.74. The Kier molecular flexibility index (Phi) is 4.75. The summed E-state index contributed by atoms with van der Waals surface area (Å²) < 4.78 is 55.9. The van der Waals surface area contributed by atoms with Gasteiger partial charge in [-0.2, -0.15) is 13.2 Å². The third-order valence-corrected chi connectivity index (χ3v) is 3.20. The van der Waals surface area contributed by atoms with Crippen molar-refractivity contribution in [1.29, 1.82) is 0 Å². The molecule has 1 atom stereocenters. The number of hydrogen-bond acceptors (Lipinski definition) is 2. The molecule has 2 rings (SSSR count). The lowest BCUT2D eigenvalue weighted by molar-refractivity contribution is -0.147. The van der Waals surface area contributed by atoms with Crippen LogP contribution in [0.1, 0.15) is 5.56 Å². The Morgan fingerprint density at radius 1 is 1.35 bits per heavy atom. The second-order valence-corrected chi connectivity index (χ2v) is 5.11. The average Bonchev–Trinajstić information content (AvgIpc) is 2.68. The zero-order valence-corrected chi connectivity index (χ0v) is 11.3. The van der Waals surface area contributed by atoms with Gasteiger partial charge in [0.15, 0.2) is 0 Å². The standard InChI is InChI=1S/C13H14ClF4NO/c14-3-4-19(8-13(16,17)18)7-11-6-9-5-10(15)1-2-12(9)20-11/h1-2,5,11H,3-4,6-8H2. The van der Waals surface area contributed by atoms with E-state index in [2.05, 4.69) is 0 Å². The van der Waals surface area contributed by atoms with Gasteiger partial charge in [-0.15, -0.1) is 11.6 Å². The number of ether oxygens (including phenoxy) is 1. The van der Waals surface area contributed by atoms with Crippen molar-refractivity contribution in [3.8, 4) is 5.75 Å². The largest absolute Gasteiger partial charge is 0.488 e. The van der Waals surface area contributed by atoms with Crippen molar-refractivity contribution in [2.45, 2.75) is 18.7 Å². The van der Waals surface area contributed by atoms with Crippen LogP contribution in [0.2, 0.25) is 0 Å². The summed E-state index contributed by atoms with van der Waals surface area (Å²) in [5.41, 5.74) is 0.688. The first-order valence-electron chi connectivity index (χ1n) is 6.17. The molecular weight excluding hydrogens is 298 g/mol. The molecule has 0 aliphatic carbocycles. The van der Waals surface area contributed by atoms with Crippen molar-refractivity contribution in [3.63, 3.8) is 0 Å². The fourth-order valence-electron chi connectivity index (χ4n) is 2.29. The summed E-state index contributed by atoms with van der Waals surface area (Å²) in [6.07, 6.45) is -4.27. The fourth-order valence-corrected chi connectivity index (χ4v) is 2.53. The van der Waals surface area contributed by atoms with E-state index < -0.39 is 18.8 Å². The molecule has 0 radical (unpaired) electrons. The maximum Gasteiger partial charge on any atom is 0.401 e. The first-order valence-corrected chi connectivity index (χ1v) is 6.71. The van der Waals surface area contributed by atoms with Gasteiger partial charge >= 0.3 is 6.18 Å². The molecule has 0 fully saturated rings. The van der Waals surface area contributed by atoms with E-state index in [4.69, 9.17) is 16.3 Å². The minimum atomic E-state index is -4.27. The molecule has 2 nitrogen and oxygen atoms in total.